The van der Waals surface area contributed by atoms with Crippen molar-refractivity contribution in [1.29, 1.82) is 0 Å². The van der Waals surface area contributed by atoms with Crippen LogP contribution >= 0.6 is 0 Å². The molecule has 3 nitrogen and oxygen atoms in total. The lowest BCUT2D eigenvalue weighted by molar-refractivity contribution is -0.141. The van der Waals surface area contributed by atoms with E-state index < -0.39 is 23.1 Å². The van der Waals surface area contributed by atoms with Crippen LogP contribution in [0.15, 0.2) is 18.2 Å². The molecule has 0 atom stereocenters. The molecule has 2 rings (SSSR count). The number of carbonyl (C=O) groups is 1. The molecule has 18 heavy (non-hydrogen) atoms. The topological polar surface area (TPSA) is 46.5 Å². The maximum atomic E-state index is 12.7. The van der Waals surface area contributed by atoms with E-state index in [0.29, 0.717) is 12.8 Å². The van der Waals surface area contributed by atoms with E-state index in [1.807, 2.05) is 0 Å². The second-order valence-electron chi connectivity index (χ2n) is 4.34. The van der Waals surface area contributed by atoms with E-state index >= 15 is 0 Å². The van der Waals surface area contributed by atoms with E-state index in [-0.39, 0.29) is 11.3 Å². The van der Waals surface area contributed by atoms with Gasteiger partial charge in [-0.3, -0.25) is 4.79 Å². The molecule has 1 aromatic carbocycles. The monoisotopic (exact) mass is 260 g/mol. The average molecular weight is 260 g/mol. The molecule has 0 spiro atoms. The number of alkyl halides is 3. The van der Waals surface area contributed by atoms with Gasteiger partial charge in [0.05, 0.1) is 18.1 Å². The number of methoxy groups -OCH3 is 1. The Balaban J connectivity index is 2.52. The quantitative estimate of drug-likeness (QED) is 0.909. The first-order valence-corrected chi connectivity index (χ1v) is 5.30. The smallest absolute Gasteiger partial charge is 0.416 e. The molecule has 1 aliphatic rings. The molecule has 0 saturated heterocycles. The predicted molar refractivity (Wildman–Crippen MR) is 56.5 cm³/mol. The van der Waals surface area contributed by atoms with Gasteiger partial charge >= 0.3 is 12.1 Å². The van der Waals surface area contributed by atoms with Gasteiger partial charge in [0.25, 0.3) is 0 Å². The number of rotatable bonds is 3. The minimum atomic E-state index is -4.52. The molecule has 6 heteroatoms. The Kier molecular flexibility index (Phi) is 2.76. The molecule has 0 aliphatic heterocycles. The summed E-state index contributed by atoms with van der Waals surface area (Å²) in [5.74, 6) is -1.07. The second-order valence-corrected chi connectivity index (χ2v) is 4.34. The van der Waals surface area contributed by atoms with Crippen molar-refractivity contribution in [1.82, 2.24) is 0 Å². The van der Waals surface area contributed by atoms with Gasteiger partial charge in [0, 0.05) is 0 Å². The van der Waals surface area contributed by atoms with Gasteiger partial charge in [0.2, 0.25) is 0 Å². The van der Waals surface area contributed by atoms with Crippen LogP contribution in [-0.4, -0.2) is 18.2 Å². The Morgan fingerprint density at radius 3 is 2.33 bits per heavy atom. The molecular formula is C12H11F3O3. The van der Waals surface area contributed by atoms with Gasteiger partial charge in [-0.15, -0.1) is 0 Å². The Hall–Kier alpha value is -1.72. The van der Waals surface area contributed by atoms with Gasteiger partial charge < -0.3 is 9.84 Å². The van der Waals surface area contributed by atoms with Crippen molar-refractivity contribution < 1.29 is 27.8 Å². The highest BCUT2D eigenvalue weighted by Gasteiger charge is 2.52. The number of hydrogen-bond acceptors (Lipinski definition) is 2. The second kappa shape index (κ2) is 3.90. The standard InChI is InChI=1S/C12H11F3O3/c1-18-9-5-7(11(2-3-11)10(16)17)4-8(6-9)12(13,14)15/h4-6H,2-3H2,1H3,(H,16,17). The number of halogens is 3. The number of carboxylic acids is 1. The van der Waals surface area contributed by atoms with Crippen molar-refractivity contribution in [3.63, 3.8) is 0 Å². The third-order valence-electron chi connectivity index (χ3n) is 3.18. The van der Waals surface area contributed by atoms with Crippen LogP contribution < -0.4 is 4.74 Å². The first-order chi connectivity index (χ1) is 8.29. The Morgan fingerprint density at radius 1 is 1.33 bits per heavy atom. The highest BCUT2D eigenvalue weighted by atomic mass is 19.4. The van der Waals surface area contributed by atoms with Crippen LogP contribution in [0.25, 0.3) is 0 Å². The summed E-state index contributed by atoms with van der Waals surface area (Å²) in [6.07, 6.45) is -3.81. The zero-order valence-corrected chi connectivity index (χ0v) is 9.54. The van der Waals surface area contributed by atoms with Gasteiger partial charge in [-0.25, -0.2) is 0 Å². The number of hydrogen-bond donors (Lipinski definition) is 1. The van der Waals surface area contributed by atoms with Crippen molar-refractivity contribution in [2.45, 2.75) is 24.4 Å². The zero-order valence-electron chi connectivity index (χ0n) is 9.54. The van der Waals surface area contributed by atoms with Crippen LogP contribution in [-0.2, 0) is 16.4 Å². The van der Waals surface area contributed by atoms with Crippen LogP contribution in [0.4, 0.5) is 13.2 Å². The van der Waals surface area contributed by atoms with Crippen molar-refractivity contribution in [2.75, 3.05) is 7.11 Å². The Morgan fingerprint density at radius 2 is 1.94 bits per heavy atom. The lowest BCUT2D eigenvalue weighted by atomic mass is 9.94. The molecule has 1 fully saturated rings. The van der Waals surface area contributed by atoms with Crippen LogP contribution in [0.3, 0.4) is 0 Å². The van der Waals surface area contributed by atoms with Crippen molar-refractivity contribution in [2.24, 2.45) is 0 Å². The first kappa shape index (κ1) is 12.7. The highest BCUT2D eigenvalue weighted by Crippen LogP contribution is 2.50. The number of aliphatic carboxylic acids is 1. The molecule has 0 unspecified atom stereocenters. The highest BCUT2D eigenvalue weighted by molar-refractivity contribution is 5.85. The first-order valence-electron chi connectivity index (χ1n) is 5.30. The maximum Gasteiger partial charge on any atom is 0.416 e. The molecule has 0 heterocycles. The molecule has 1 N–H and O–H groups in total. The normalized spacial score (nSPS) is 17.3. The van der Waals surface area contributed by atoms with Crippen LogP contribution in [0, 0.1) is 0 Å². The van der Waals surface area contributed by atoms with Gasteiger partial charge in [0.1, 0.15) is 5.75 Å². The van der Waals surface area contributed by atoms with Gasteiger partial charge in [-0.1, -0.05) is 0 Å². The van der Waals surface area contributed by atoms with Gasteiger partial charge in [-0.2, -0.15) is 13.2 Å². The van der Waals surface area contributed by atoms with E-state index in [1.165, 1.54) is 13.2 Å². The molecule has 0 radical (unpaired) electrons. The predicted octanol–water partition coefficient (Wildman–Crippen LogP) is 2.83. The van der Waals surface area contributed by atoms with E-state index in [9.17, 15) is 18.0 Å². The average Bonchev–Trinajstić information content (AvgIpc) is 3.08. The third kappa shape index (κ3) is 2.02. The summed E-state index contributed by atoms with van der Waals surface area (Å²) in [6, 6.07) is 3.11. The molecular weight excluding hydrogens is 249 g/mol. The maximum absolute atomic E-state index is 12.7. The lowest BCUT2D eigenvalue weighted by Crippen LogP contribution is -2.20. The number of carboxylic acid groups (broad SMARTS) is 1. The van der Waals surface area contributed by atoms with Gasteiger partial charge in [-0.05, 0) is 36.6 Å². The number of benzene rings is 1. The fourth-order valence-electron chi connectivity index (χ4n) is 1.91. The summed E-state index contributed by atoms with van der Waals surface area (Å²) in [4.78, 5) is 11.1. The van der Waals surface area contributed by atoms with Gasteiger partial charge in [0.15, 0.2) is 0 Å². The molecule has 1 aromatic rings. The molecule has 98 valence electrons. The van der Waals surface area contributed by atoms with Crippen LogP contribution in [0.5, 0.6) is 5.75 Å². The van der Waals surface area contributed by atoms with Crippen LogP contribution in [0.2, 0.25) is 0 Å². The summed E-state index contributed by atoms with van der Waals surface area (Å²) in [5, 5.41) is 9.09. The fraction of sp³-hybridized carbons (Fsp3) is 0.417. The SMILES string of the molecule is COc1cc(C(F)(F)F)cc(C2(C(=O)O)CC2)c1. The molecule has 1 aliphatic carbocycles. The molecule has 1 saturated carbocycles. The summed E-state index contributed by atoms with van der Waals surface area (Å²) in [6.45, 7) is 0. The molecule has 0 bridgehead atoms. The van der Waals surface area contributed by atoms with Crippen molar-refractivity contribution >= 4 is 5.97 Å². The van der Waals surface area contributed by atoms with Crippen molar-refractivity contribution in [3.8, 4) is 5.75 Å². The third-order valence-corrected chi connectivity index (χ3v) is 3.18. The lowest BCUT2D eigenvalue weighted by Gasteiger charge is -2.15. The summed E-state index contributed by atoms with van der Waals surface area (Å²) < 4.78 is 42.9. The van der Waals surface area contributed by atoms with Crippen molar-refractivity contribution in [3.05, 3.63) is 29.3 Å². The Bertz CT molecular complexity index is 490. The number of ether oxygens (including phenoxy) is 1. The molecule has 0 aromatic heterocycles. The summed E-state index contributed by atoms with van der Waals surface area (Å²) >= 11 is 0. The zero-order chi connectivity index (χ0) is 13.6. The van der Waals surface area contributed by atoms with E-state index in [0.717, 1.165) is 12.1 Å². The van der Waals surface area contributed by atoms with Crippen LogP contribution in [0.1, 0.15) is 24.0 Å². The largest absolute Gasteiger partial charge is 0.497 e. The van der Waals surface area contributed by atoms with E-state index in [1.54, 1.807) is 0 Å². The Labute approximate surface area is 101 Å². The molecule has 0 amide bonds. The minimum Gasteiger partial charge on any atom is -0.497 e. The fourth-order valence-corrected chi connectivity index (χ4v) is 1.91. The minimum absolute atomic E-state index is 0.0207. The summed E-state index contributed by atoms with van der Waals surface area (Å²) in [7, 11) is 1.25. The van der Waals surface area contributed by atoms with E-state index in [2.05, 4.69) is 0 Å². The van der Waals surface area contributed by atoms with E-state index in [4.69, 9.17) is 9.84 Å². The summed E-state index contributed by atoms with van der Waals surface area (Å²) in [5.41, 5.74) is -1.90.